The summed E-state index contributed by atoms with van der Waals surface area (Å²) in [6, 6.07) is 20.9. The maximum atomic E-state index is 12.8. The third kappa shape index (κ3) is 3.81. The van der Waals surface area contributed by atoms with Crippen molar-refractivity contribution >= 4 is 11.8 Å². The molecule has 2 N–H and O–H groups in total. The van der Waals surface area contributed by atoms with Gasteiger partial charge in [-0.1, -0.05) is 61.4 Å². The van der Waals surface area contributed by atoms with Gasteiger partial charge in [0.25, 0.3) is 5.91 Å². The van der Waals surface area contributed by atoms with Crippen molar-refractivity contribution in [2.45, 2.75) is 25.7 Å². The molecule has 3 aromatic rings. The van der Waals surface area contributed by atoms with Crippen LogP contribution >= 0.6 is 0 Å². The molecule has 0 radical (unpaired) electrons. The zero-order valence-electron chi connectivity index (χ0n) is 15.5. The van der Waals surface area contributed by atoms with Crippen LogP contribution < -0.4 is 10.9 Å². The average molecular weight is 374 g/mol. The number of aromatic nitrogens is 2. The molecule has 142 valence electrons. The molecule has 1 fully saturated rings. The Labute approximate surface area is 163 Å². The minimum atomic E-state index is -0.398. The number of benzene rings is 2. The normalized spacial score (nSPS) is 14.0. The fraction of sp³-hybridized carbons (Fsp3) is 0.227. The highest BCUT2D eigenvalue weighted by Gasteiger charge is 2.24. The third-order valence-corrected chi connectivity index (χ3v) is 5.04. The average Bonchev–Trinajstić information content (AvgIpc) is 3.43. The molecule has 1 heterocycles. The van der Waals surface area contributed by atoms with E-state index in [-0.39, 0.29) is 11.8 Å². The molecule has 2 amide bonds. The summed E-state index contributed by atoms with van der Waals surface area (Å²) < 4.78 is 1.60. The summed E-state index contributed by atoms with van der Waals surface area (Å²) in [6.07, 6.45) is 3.88. The second kappa shape index (κ2) is 8.08. The van der Waals surface area contributed by atoms with Crippen molar-refractivity contribution in [1.82, 2.24) is 20.6 Å². The Bertz CT molecular complexity index is 961. The fourth-order valence-electron chi connectivity index (χ4n) is 3.53. The van der Waals surface area contributed by atoms with Gasteiger partial charge in [0.15, 0.2) is 0 Å². The first-order valence-corrected chi connectivity index (χ1v) is 9.53. The Morgan fingerprint density at radius 3 is 2.21 bits per heavy atom. The van der Waals surface area contributed by atoms with Crippen LogP contribution in [0, 0.1) is 5.92 Å². The van der Waals surface area contributed by atoms with Gasteiger partial charge >= 0.3 is 0 Å². The Hall–Kier alpha value is -3.41. The van der Waals surface area contributed by atoms with E-state index in [0.29, 0.717) is 11.4 Å². The van der Waals surface area contributed by atoms with Gasteiger partial charge in [-0.25, -0.2) is 4.68 Å². The molecular weight excluding hydrogens is 352 g/mol. The molecule has 1 aromatic heterocycles. The lowest BCUT2D eigenvalue weighted by atomic mass is 10.1. The largest absolute Gasteiger partial charge is 0.288 e. The highest BCUT2D eigenvalue weighted by molar-refractivity contribution is 5.95. The van der Waals surface area contributed by atoms with Crippen molar-refractivity contribution in [2.24, 2.45) is 5.92 Å². The number of hydrogen-bond acceptors (Lipinski definition) is 3. The van der Waals surface area contributed by atoms with Gasteiger partial charge < -0.3 is 0 Å². The van der Waals surface area contributed by atoms with E-state index in [1.54, 1.807) is 10.7 Å². The maximum absolute atomic E-state index is 12.8. The van der Waals surface area contributed by atoms with Crippen molar-refractivity contribution < 1.29 is 9.59 Å². The van der Waals surface area contributed by atoms with E-state index in [9.17, 15) is 9.59 Å². The lowest BCUT2D eigenvalue weighted by molar-refractivity contribution is -0.125. The number of carbonyl (C=O) groups excluding carboxylic acids is 2. The van der Waals surface area contributed by atoms with Crippen molar-refractivity contribution in [1.29, 1.82) is 0 Å². The molecule has 28 heavy (non-hydrogen) atoms. The van der Waals surface area contributed by atoms with Crippen LogP contribution in [0.15, 0.2) is 66.7 Å². The molecular formula is C22H22N4O2. The monoisotopic (exact) mass is 374 g/mol. The molecule has 6 heteroatoms. The minimum Gasteiger partial charge on any atom is -0.273 e. The summed E-state index contributed by atoms with van der Waals surface area (Å²) in [5.74, 6) is -0.538. The lowest BCUT2D eigenvalue weighted by Gasteiger charge is -2.12. The van der Waals surface area contributed by atoms with Gasteiger partial charge in [0.1, 0.15) is 5.69 Å². The Kier molecular flexibility index (Phi) is 5.19. The Morgan fingerprint density at radius 1 is 0.893 bits per heavy atom. The van der Waals surface area contributed by atoms with Crippen molar-refractivity contribution in [3.05, 3.63) is 72.4 Å². The summed E-state index contributed by atoms with van der Waals surface area (Å²) in [6.45, 7) is 0. The topological polar surface area (TPSA) is 76.0 Å². The van der Waals surface area contributed by atoms with E-state index in [1.807, 2.05) is 60.7 Å². The highest BCUT2D eigenvalue weighted by atomic mass is 16.2. The maximum Gasteiger partial charge on any atom is 0.288 e. The number of carbonyl (C=O) groups is 2. The second-order valence-electron chi connectivity index (χ2n) is 6.95. The number of rotatable bonds is 4. The van der Waals surface area contributed by atoms with Crippen LogP contribution in [0.3, 0.4) is 0 Å². The molecule has 0 unspecified atom stereocenters. The summed E-state index contributed by atoms with van der Waals surface area (Å²) in [7, 11) is 0. The van der Waals surface area contributed by atoms with Gasteiger partial charge in [-0.2, -0.15) is 5.10 Å². The van der Waals surface area contributed by atoms with Crippen LogP contribution in [0.1, 0.15) is 36.2 Å². The van der Waals surface area contributed by atoms with E-state index in [4.69, 9.17) is 0 Å². The minimum absolute atomic E-state index is 0.0146. The van der Waals surface area contributed by atoms with E-state index >= 15 is 0 Å². The number of amides is 2. The van der Waals surface area contributed by atoms with E-state index in [2.05, 4.69) is 16.0 Å². The predicted molar refractivity (Wildman–Crippen MR) is 107 cm³/mol. The predicted octanol–water partition coefficient (Wildman–Crippen LogP) is 3.49. The Morgan fingerprint density at radius 2 is 1.54 bits per heavy atom. The van der Waals surface area contributed by atoms with Gasteiger partial charge in [-0.3, -0.25) is 20.4 Å². The first kappa shape index (κ1) is 18.0. The van der Waals surface area contributed by atoms with Crippen molar-refractivity contribution in [3.8, 4) is 16.9 Å². The lowest BCUT2D eigenvalue weighted by Crippen LogP contribution is -2.44. The van der Waals surface area contributed by atoms with Crippen LogP contribution in [0.2, 0.25) is 0 Å². The number of nitrogens with zero attached hydrogens (tertiary/aromatic N) is 2. The first-order chi connectivity index (χ1) is 13.7. The van der Waals surface area contributed by atoms with Gasteiger partial charge in [-0.05, 0) is 31.0 Å². The summed E-state index contributed by atoms with van der Waals surface area (Å²) >= 11 is 0. The Balaban J connectivity index is 1.60. The zero-order chi connectivity index (χ0) is 19.3. The van der Waals surface area contributed by atoms with Gasteiger partial charge in [0, 0.05) is 11.5 Å². The van der Waals surface area contributed by atoms with Crippen LogP contribution in [0.4, 0.5) is 0 Å². The standard InChI is InChI=1S/C22H22N4O2/c27-21(17-11-7-8-12-17)23-24-22(28)20-15-19(16-9-3-1-4-10-16)25-26(20)18-13-5-2-6-14-18/h1-6,9-10,13-15,17H,7-8,11-12H2,(H,23,27)(H,24,28). The molecule has 1 saturated carbocycles. The summed E-state index contributed by atoms with van der Waals surface area (Å²) in [5, 5.41) is 4.62. The summed E-state index contributed by atoms with van der Waals surface area (Å²) in [5.41, 5.74) is 7.86. The van der Waals surface area contributed by atoms with E-state index < -0.39 is 5.91 Å². The summed E-state index contributed by atoms with van der Waals surface area (Å²) in [4.78, 5) is 25.0. The zero-order valence-corrected chi connectivity index (χ0v) is 15.5. The van der Waals surface area contributed by atoms with Crippen LogP contribution in [0.25, 0.3) is 16.9 Å². The molecule has 2 aromatic carbocycles. The van der Waals surface area contributed by atoms with Gasteiger partial charge in [0.05, 0.1) is 11.4 Å². The molecule has 0 aliphatic heterocycles. The molecule has 0 saturated heterocycles. The van der Waals surface area contributed by atoms with E-state index in [1.165, 1.54) is 0 Å². The van der Waals surface area contributed by atoms with Crippen LogP contribution in [0.5, 0.6) is 0 Å². The number of hydrazine groups is 1. The molecule has 1 aliphatic rings. The van der Waals surface area contributed by atoms with Gasteiger partial charge in [-0.15, -0.1) is 0 Å². The molecule has 4 rings (SSSR count). The van der Waals surface area contributed by atoms with Crippen LogP contribution in [-0.2, 0) is 4.79 Å². The third-order valence-electron chi connectivity index (χ3n) is 5.04. The smallest absolute Gasteiger partial charge is 0.273 e. The molecule has 0 bridgehead atoms. The quantitative estimate of drug-likeness (QED) is 0.687. The molecule has 1 aliphatic carbocycles. The molecule has 0 spiro atoms. The molecule has 6 nitrogen and oxygen atoms in total. The SMILES string of the molecule is O=C(NNC(=O)C1CCCC1)c1cc(-c2ccccc2)nn1-c1ccccc1. The first-order valence-electron chi connectivity index (χ1n) is 9.53. The molecule has 0 atom stereocenters. The number of hydrogen-bond donors (Lipinski definition) is 2. The second-order valence-corrected chi connectivity index (χ2v) is 6.95. The van der Waals surface area contributed by atoms with E-state index in [0.717, 1.165) is 36.9 Å². The van der Waals surface area contributed by atoms with Gasteiger partial charge in [0.2, 0.25) is 5.91 Å². The van der Waals surface area contributed by atoms with Crippen LogP contribution in [-0.4, -0.2) is 21.6 Å². The number of para-hydroxylation sites is 1. The van der Waals surface area contributed by atoms with Crippen molar-refractivity contribution in [2.75, 3.05) is 0 Å². The fourth-order valence-corrected chi connectivity index (χ4v) is 3.53. The van der Waals surface area contributed by atoms with Crippen molar-refractivity contribution in [3.63, 3.8) is 0 Å². The highest BCUT2D eigenvalue weighted by Crippen LogP contribution is 2.24. The number of nitrogens with one attached hydrogen (secondary N) is 2.